The molecular weight excluding hydrogens is 225 g/mol. The van der Waals surface area contributed by atoms with E-state index in [9.17, 15) is 14.4 Å². The van der Waals surface area contributed by atoms with Crippen LogP contribution in [-0.2, 0) is 26.9 Å². The average molecular weight is 232 g/mol. The molecule has 0 aliphatic heterocycles. The van der Waals surface area contributed by atoms with E-state index in [0.29, 0.717) is 0 Å². The SMILES string of the molecule is NCCP(=O)([O-])[O-].[Ag].[H+]. The summed E-state index contributed by atoms with van der Waals surface area (Å²) in [6, 6.07) is 0. The minimum Gasteiger partial charge on any atom is -0.811 e. The zero-order valence-electron chi connectivity index (χ0n) is 4.97. The van der Waals surface area contributed by atoms with Crippen molar-refractivity contribution in [3.63, 3.8) is 0 Å². The second-order valence-corrected chi connectivity index (χ2v) is 2.79. The third-order valence-corrected chi connectivity index (χ3v) is 1.21. The monoisotopic (exact) mass is 231 g/mol. The summed E-state index contributed by atoms with van der Waals surface area (Å²) in [7, 11) is -4.29. The summed E-state index contributed by atoms with van der Waals surface area (Å²) < 4.78 is 9.62. The number of nitrogens with two attached hydrogens (primary N) is 1. The minimum atomic E-state index is -4.29. The number of hydrogen-bond acceptors (Lipinski definition) is 4. The van der Waals surface area contributed by atoms with Gasteiger partial charge in [-0.2, -0.15) is 0 Å². The van der Waals surface area contributed by atoms with E-state index >= 15 is 0 Å². The summed E-state index contributed by atoms with van der Waals surface area (Å²) in [5.41, 5.74) is 4.74. The predicted octanol–water partition coefficient (Wildman–Crippen LogP) is -2.03. The molecule has 0 aliphatic carbocycles. The van der Waals surface area contributed by atoms with Crippen LogP contribution in [0.2, 0.25) is 0 Å². The van der Waals surface area contributed by atoms with Crippen molar-refractivity contribution in [2.24, 2.45) is 5.73 Å². The Hall–Kier alpha value is 0.850. The maximum absolute atomic E-state index is 9.62. The summed E-state index contributed by atoms with van der Waals surface area (Å²) in [6.45, 7) is -0.0791. The third-order valence-electron chi connectivity index (χ3n) is 0.403. The maximum atomic E-state index is 9.62. The summed E-state index contributed by atoms with van der Waals surface area (Å²) >= 11 is 0. The molecule has 0 bridgehead atoms. The molecule has 0 saturated carbocycles. The van der Waals surface area contributed by atoms with Gasteiger partial charge in [0.25, 0.3) is 0 Å². The second kappa shape index (κ2) is 4.70. The van der Waals surface area contributed by atoms with E-state index in [2.05, 4.69) is 0 Å². The van der Waals surface area contributed by atoms with E-state index in [-0.39, 0.29) is 30.4 Å². The quantitative estimate of drug-likeness (QED) is 0.439. The van der Waals surface area contributed by atoms with E-state index in [1.54, 1.807) is 0 Å². The Labute approximate surface area is 64.6 Å². The van der Waals surface area contributed by atoms with E-state index in [1.165, 1.54) is 0 Å². The zero-order chi connectivity index (χ0) is 5.91. The fraction of sp³-hybridized carbons (Fsp3) is 1.00. The van der Waals surface area contributed by atoms with Crippen LogP contribution in [0.1, 0.15) is 1.43 Å². The molecule has 0 aromatic rings. The standard InChI is InChI=1S/C2H8NO3P.Ag/c3-1-2-7(4,5)6;/h1-3H2,(H2,4,5,6);/p-1. The Morgan fingerprint density at radius 3 is 2.00 bits per heavy atom. The van der Waals surface area contributed by atoms with Gasteiger partial charge in [0.1, 0.15) is 0 Å². The Balaban J connectivity index is -0.000000180. The molecule has 55 valence electrons. The van der Waals surface area contributed by atoms with Crippen LogP contribution in [0, 0.1) is 0 Å². The molecule has 0 aromatic heterocycles. The Bertz CT molecular complexity index is 95.8. The van der Waals surface area contributed by atoms with Crippen LogP contribution in [0.4, 0.5) is 0 Å². The van der Waals surface area contributed by atoms with Gasteiger partial charge in [0, 0.05) is 22.4 Å². The van der Waals surface area contributed by atoms with Crippen molar-refractivity contribution in [3.8, 4) is 0 Å². The average Bonchev–Trinajstić information content (AvgIpc) is 1.30. The van der Waals surface area contributed by atoms with Gasteiger partial charge in [-0.1, -0.05) is 7.60 Å². The second-order valence-electron chi connectivity index (χ2n) is 1.12. The zero-order valence-corrected chi connectivity index (χ0v) is 6.34. The summed E-state index contributed by atoms with van der Waals surface area (Å²) in [5, 5.41) is 0. The van der Waals surface area contributed by atoms with E-state index < -0.39 is 13.8 Å². The topological polar surface area (TPSA) is 89.2 Å². The van der Waals surface area contributed by atoms with E-state index in [1.807, 2.05) is 0 Å². The van der Waals surface area contributed by atoms with Crippen molar-refractivity contribution in [1.82, 2.24) is 0 Å². The van der Waals surface area contributed by atoms with Crippen LogP contribution in [0.3, 0.4) is 0 Å². The van der Waals surface area contributed by atoms with E-state index in [4.69, 9.17) is 5.73 Å². The molecular formula is C2H7AgNO3P-. The molecule has 0 fully saturated rings. The Kier molecular flexibility index (Phi) is 6.83. The molecule has 6 heteroatoms. The molecule has 0 saturated heterocycles. The van der Waals surface area contributed by atoms with Gasteiger partial charge in [-0.15, -0.1) is 0 Å². The van der Waals surface area contributed by atoms with Crippen LogP contribution in [0.5, 0.6) is 0 Å². The van der Waals surface area contributed by atoms with Crippen molar-refractivity contribution < 1.29 is 38.2 Å². The first kappa shape index (κ1) is 11.6. The predicted molar refractivity (Wildman–Crippen MR) is 22.6 cm³/mol. The van der Waals surface area contributed by atoms with Gasteiger partial charge in [0.05, 0.1) is 0 Å². The molecule has 0 atom stereocenters. The summed E-state index contributed by atoms with van der Waals surface area (Å²) in [5.74, 6) is 0. The summed E-state index contributed by atoms with van der Waals surface area (Å²) in [4.78, 5) is 19.2. The van der Waals surface area contributed by atoms with Gasteiger partial charge in [0.2, 0.25) is 0 Å². The van der Waals surface area contributed by atoms with Gasteiger partial charge in [-0.05, 0) is 12.7 Å². The molecule has 0 heterocycles. The largest absolute Gasteiger partial charge is 1.00 e. The first-order valence-electron chi connectivity index (χ1n) is 1.77. The van der Waals surface area contributed by atoms with Crippen LogP contribution < -0.4 is 15.5 Å². The molecule has 2 N–H and O–H groups in total. The molecule has 0 rings (SSSR count). The fourth-order valence-corrected chi connectivity index (χ4v) is 0.474. The molecule has 4 nitrogen and oxygen atoms in total. The van der Waals surface area contributed by atoms with Crippen molar-refractivity contribution >= 4 is 7.60 Å². The maximum Gasteiger partial charge on any atom is 1.00 e. The summed E-state index contributed by atoms with van der Waals surface area (Å²) in [6.07, 6.45) is -0.438. The van der Waals surface area contributed by atoms with Crippen molar-refractivity contribution in [2.45, 2.75) is 0 Å². The molecule has 0 amide bonds. The number of hydrogen-bond donors (Lipinski definition) is 1. The molecule has 0 aromatic carbocycles. The molecule has 0 unspecified atom stereocenters. The van der Waals surface area contributed by atoms with Gasteiger partial charge in [-0.3, -0.25) is 0 Å². The van der Waals surface area contributed by atoms with Gasteiger partial charge < -0.3 is 20.1 Å². The molecule has 0 aliphatic rings. The van der Waals surface area contributed by atoms with Gasteiger partial charge in [-0.25, -0.2) is 0 Å². The number of rotatable bonds is 2. The molecule has 8 heavy (non-hydrogen) atoms. The van der Waals surface area contributed by atoms with Crippen LogP contribution in [0.25, 0.3) is 0 Å². The van der Waals surface area contributed by atoms with Crippen molar-refractivity contribution in [3.05, 3.63) is 0 Å². The van der Waals surface area contributed by atoms with Gasteiger partial charge >= 0.3 is 1.43 Å². The van der Waals surface area contributed by atoms with Crippen LogP contribution >= 0.6 is 7.60 Å². The minimum absolute atomic E-state index is 0. The first-order valence-corrected chi connectivity index (χ1v) is 3.50. The third kappa shape index (κ3) is 9.97. The molecule has 0 spiro atoms. The van der Waals surface area contributed by atoms with E-state index in [0.717, 1.165) is 0 Å². The van der Waals surface area contributed by atoms with Crippen LogP contribution in [-0.4, -0.2) is 12.7 Å². The van der Waals surface area contributed by atoms with Crippen molar-refractivity contribution in [1.29, 1.82) is 0 Å². The van der Waals surface area contributed by atoms with Crippen LogP contribution in [0.15, 0.2) is 0 Å². The Morgan fingerprint density at radius 2 is 2.00 bits per heavy atom. The Morgan fingerprint density at radius 1 is 1.62 bits per heavy atom. The van der Waals surface area contributed by atoms with Crippen molar-refractivity contribution in [2.75, 3.05) is 12.7 Å². The first-order chi connectivity index (χ1) is 3.06. The van der Waals surface area contributed by atoms with Gasteiger partial charge in [0.15, 0.2) is 0 Å². The molecule has 1 radical (unpaired) electrons. The normalized spacial score (nSPS) is 10.4. The smallest absolute Gasteiger partial charge is 0.811 e. The fourth-order valence-electron chi connectivity index (χ4n) is 0.158.